The van der Waals surface area contributed by atoms with Crippen molar-refractivity contribution in [3.05, 3.63) is 22.9 Å². The van der Waals surface area contributed by atoms with Gasteiger partial charge in [-0.2, -0.15) is 5.26 Å². The molecule has 0 aliphatic heterocycles. The van der Waals surface area contributed by atoms with Gasteiger partial charge in [0.05, 0.1) is 5.56 Å². The molecule has 1 aliphatic rings. The number of nitrogens with zero attached hydrogens (tertiary/aromatic N) is 2. The van der Waals surface area contributed by atoms with Gasteiger partial charge < -0.3 is 0 Å². The van der Waals surface area contributed by atoms with Gasteiger partial charge in [0.15, 0.2) is 0 Å². The third-order valence-electron chi connectivity index (χ3n) is 3.35. The number of hydrogen-bond acceptors (Lipinski definition) is 3. The summed E-state index contributed by atoms with van der Waals surface area (Å²) in [5.41, 5.74) is 2.82. The zero-order valence-electron chi connectivity index (χ0n) is 10.5. The van der Waals surface area contributed by atoms with Crippen LogP contribution in [0.4, 0.5) is 0 Å². The van der Waals surface area contributed by atoms with Gasteiger partial charge in [-0.3, -0.25) is 0 Å². The van der Waals surface area contributed by atoms with Crippen LogP contribution in [0.25, 0.3) is 0 Å². The van der Waals surface area contributed by atoms with E-state index >= 15 is 0 Å². The molecule has 2 rings (SSSR count). The molecule has 1 saturated carbocycles. The fourth-order valence-electron chi connectivity index (χ4n) is 2.42. The van der Waals surface area contributed by atoms with Crippen molar-refractivity contribution in [1.29, 1.82) is 5.26 Å². The van der Waals surface area contributed by atoms with Crippen LogP contribution in [0, 0.1) is 31.1 Å². The van der Waals surface area contributed by atoms with Gasteiger partial charge in [-0.25, -0.2) is 4.98 Å². The summed E-state index contributed by atoms with van der Waals surface area (Å²) in [4.78, 5) is 4.51. The molecule has 0 amide bonds. The van der Waals surface area contributed by atoms with Crippen molar-refractivity contribution in [2.75, 3.05) is 5.75 Å². The zero-order valence-corrected chi connectivity index (χ0v) is 11.3. The number of aromatic nitrogens is 1. The van der Waals surface area contributed by atoms with E-state index in [1.54, 1.807) is 11.8 Å². The highest BCUT2D eigenvalue weighted by molar-refractivity contribution is 7.99. The van der Waals surface area contributed by atoms with E-state index in [-0.39, 0.29) is 0 Å². The predicted molar refractivity (Wildman–Crippen MR) is 71.1 cm³/mol. The summed E-state index contributed by atoms with van der Waals surface area (Å²) in [7, 11) is 0. The number of thioether (sulfide) groups is 1. The Bertz CT molecular complexity index is 442. The van der Waals surface area contributed by atoms with Crippen LogP contribution < -0.4 is 0 Å². The number of aryl methyl sites for hydroxylation is 2. The monoisotopic (exact) mass is 246 g/mol. The lowest BCUT2D eigenvalue weighted by Gasteiger charge is -2.10. The molecule has 0 bridgehead atoms. The van der Waals surface area contributed by atoms with Crippen LogP contribution >= 0.6 is 11.8 Å². The molecular formula is C14H18N2S. The van der Waals surface area contributed by atoms with Crippen LogP contribution in [0.1, 0.15) is 42.5 Å². The number of nitriles is 1. The highest BCUT2D eigenvalue weighted by atomic mass is 32.2. The molecule has 0 unspecified atom stereocenters. The van der Waals surface area contributed by atoms with Crippen molar-refractivity contribution >= 4 is 11.8 Å². The molecule has 1 aliphatic carbocycles. The molecule has 1 fully saturated rings. The van der Waals surface area contributed by atoms with E-state index in [1.807, 2.05) is 19.9 Å². The normalized spacial score (nSPS) is 16.1. The van der Waals surface area contributed by atoms with Crippen LogP contribution in [0.2, 0.25) is 0 Å². The number of pyridine rings is 1. The van der Waals surface area contributed by atoms with Gasteiger partial charge in [-0.1, -0.05) is 12.8 Å². The van der Waals surface area contributed by atoms with Crippen LogP contribution in [-0.4, -0.2) is 10.7 Å². The van der Waals surface area contributed by atoms with Gasteiger partial charge in [0.25, 0.3) is 0 Å². The van der Waals surface area contributed by atoms with E-state index in [4.69, 9.17) is 0 Å². The largest absolute Gasteiger partial charge is 0.245 e. The highest BCUT2D eigenvalue weighted by Gasteiger charge is 2.17. The van der Waals surface area contributed by atoms with Gasteiger partial charge in [0, 0.05) is 11.4 Å². The molecule has 0 spiro atoms. The standard InChI is InChI=1S/C14H18N2S/c1-10-7-11(2)16-14(13(10)8-15)17-9-12-5-3-4-6-12/h7,12H,3-6,9H2,1-2H3. The second kappa shape index (κ2) is 5.55. The van der Waals surface area contributed by atoms with Gasteiger partial charge >= 0.3 is 0 Å². The Morgan fingerprint density at radius 3 is 2.76 bits per heavy atom. The Kier molecular flexibility index (Phi) is 4.06. The Labute approximate surface area is 107 Å². The quantitative estimate of drug-likeness (QED) is 0.760. The summed E-state index contributed by atoms with van der Waals surface area (Å²) in [5.74, 6) is 1.94. The van der Waals surface area contributed by atoms with E-state index in [0.717, 1.165) is 33.5 Å². The molecule has 0 radical (unpaired) electrons. The van der Waals surface area contributed by atoms with E-state index < -0.39 is 0 Å². The number of hydrogen-bond donors (Lipinski definition) is 0. The van der Waals surface area contributed by atoms with Crippen molar-refractivity contribution in [2.24, 2.45) is 5.92 Å². The molecule has 0 saturated heterocycles. The first-order valence-electron chi connectivity index (χ1n) is 6.22. The molecule has 1 heterocycles. The Morgan fingerprint density at radius 1 is 1.41 bits per heavy atom. The van der Waals surface area contributed by atoms with Crippen molar-refractivity contribution in [1.82, 2.24) is 4.98 Å². The third-order valence-corrected chi connectivity index (χ3v) is 4.56. The minimum Gasteiger partial charge on any atom is -0.245 e. The summed E-state index contributed by atoms with van der Waals surface area (Å²) >= 11 is 1.76. The van der Waals surface area contributed by atoms with Gasteiger partial charge in [-0.05, 0) is 44.2 Å². The molecule has 17 heavy (non-hydrogen) atoms. The average Bonchev–Trinajstić information content (AvgIpc) is 2.78. The maximum Gasteiger partial charge on any atom is 0.114 e. The second-order valence-corrected chi connectivity index (χ2v) is 5.84. The molecule has 3 heteroatoms. The maximum atomic E-state index is 9.18. The van der Waals surface area contributed by atoms with Gasteiger partial charge in [0.1, 0.15) is 11.1 Å². The third kappa shape index (κ3) is 3.01. The zero-order chi connectivity index (χ0) is 12.3. The SMILES string of the molecule is Cc1cc(C)c(C#N)c(SCC2CCCC2)n1. The summed E-state index contributed by atoms with van der Waals surface area (Å²) in [6.45, 7) is 3.99. The first kappa shape index (κ1) is 12.4. The topological polar surface area (TPSA) is 36.7 Å². The van der Waals surface area contributed by atoms with Crippen LogP contribution in [0.15, 0.2) is 11.1 Å². The highest BCUT2D eigenvalue weighted by Crippen LogP contribution is 2.32. The average molecular weight is 246 g/mol. The summed E-state index contributed by atoms with van der Waals surface area (Å²) < 4.78 is 0. The van der Waals surface area contributed by atoms with Crippen LogP contribution in [-0.2, 0) is 0 Å². The Balaban J connectivity index is 2.11. The van der Waals surface area contributed by atoms with Crippen molar-refractivity contribution in [2.45, 2.75) is 44.6 Å². The second-order valence-electron chi connectivity index (χ2n) is 4.83. The molecule has 2 nitrogen and oxygen atoms in total. The lowest BCUT2D eigenvalue weighted by molar-refractivity contribution is 0.622. The fraction of sp³-hybridized carbons (Fsp3) is 0.571. The van der Waals surface area contributed by atoms with E-state index in [2.05, 4.69) is 11.1 Å². The summed E-state index contributed by atoms with van der Waals surface area (Å²) in [6, 6.07) is 4.27. The van der Waals surface area contributed by atoms with Gasteiger partial charge in [0.2, 0.25) is 0 Å². The van der Waals surface area contributed by atoms with Crippen molar-refractivity contribution < 1.29 is 0 Å². The summed E-state index contributed by atoms with van der Waals surface area (Å²) in [6.07, 6.45) is 5.44. The maximum absolute atomic E-state index is 9.18. The van der Waals surface area contributed by atoms with E-state index in [1.165, 1.54) is 25.7 Å². The minimum absolute atomic E-state index is 0.763. The van der Waals surface area contributed by atoms with E-state index in [0.29, 0.717) is 0 Å². The van der Waals surface area contributed by atoms with Crippen molar-refractivity contribution in [3.8, 4) is 6.07 Å². The van der Waals surface area contributed by atoms with E-state index in [9.17, 15) is 5.26 Å². The predicted octanol–water partition coefficient (Wildman–Crippen LogP) is 3.85. The lowest BCUT2D eigenvalue weighted by Crippen LogP contribution is -2.00. The first-order valence-corrected chi connectivity index (χ1v) is 7.20. The molecule has 1 aromatic rings. The number of rotatable bonds is 3. The Morgan fingerprint density at radius 2 is 2.12 bits per heavy atom. The van der Waals surface area contributed by atoms with Gasteiger partial charge in [-0.15, -0.1) is 11.8 Å². The molecule has 90 valence electrons. The lowest BCUT2D eigenvalue weighted by atomic mass is 10.1. The van der Waals surface area contributed by atoms with Crippen LogP contribution in [0.3, 0.4) is 0 Å². The molecular weight excluding hydrogens is 228 g/mol. The van der Waals surface area contributed by atoms with Crippen LogP contribution in [0.5, 0.6) is 0 Å². The minimum atomic E-state index is 0.763. The first-order chi connectivity index (χ1) is 8.20. The Hall–Kier alpha value is -1.01. The fourth-order valence-corrected chi connectivity index (χ4v) is 3.70. The smallest absolute Gasteiger partial charge is 0.114 e. The van der Waals surface area contributed by atoms with Crippen molar-refractivity contribution in [3.63, 3.8) is 0 Å². The molecule has 0 N–H and O–H groups in total. The summed E-state index contributed by atoms with van der Waals surface area (Å²) in [5, 5.41) is 10.1. The molecule has 0 atom stereocenters. The molecule has 1 aromatic heterocycles. The molecule has 0 aromatic carbocycles.